The SMILES string of the molecule is CCCCCCCC(CCCCCCC)C(=O)OCCN(CCOC(=O)C(CCCCCCC)CCCCCCC)C(C)=O. The number of amides is 1. The van der Waals surface area contributed by atoms with Crippen LogP contribution in [-0.4, -0.2) is 49.0 Å². The zero-order chi connectivity index (χ0) is 32.7. The smallest absolute Gasteiger partial charge is 0.308 e. The Bertz CT molecular complexity index is 604. The standard InChI is InChI=1S/C38H73NO5/c1-6-10-14-18-22-26-35(27-23-19-15-11-7-2)37(41)43-32-30-39(34(5)40)31-33-44-38(42)36(28-24-20-16-12-8-3)29-25-21-17-13-9-4/h35-36H,6-33H2,1-5H3. The first-order chi connectivity index (χ1) is 21.4. The molecule has 6 nitrogen and oxygen atoms in total. The molecule has 0 heterocycles. The van der Waals surface area contributed by atoms with Crippen LogP contribution in [0.3, 0.4) is 0 Å². The molecule has 0 N–H and O–H groups in total. The number of ether oxygens (including phenoxy) is 2. The summed E-state index contributed by atoms with van der Waals surface area (Å²) in [4.78, 5) is 40.0. The van der Waals surface area contributed by atoms with Crippen molar-refractivity contribution in [1.29, 1.82) is 0 Å². The van der Waals surface area contributed by atoms with Gasteiger partial charge < -0.3 is 14.4 Å². The van der Waals surface area contributed by atoms with Crippen molar-refractivity contribution in [3.8, 4) is 0 Å². The normalized spacial score (nSPS) is 11.3. The third-order valence-corrected chi connectivity index (χ3v) is 8.95. The molecule has 0 rings (SSSR count). The van der Waals surface area contributed by atoms with E-state index < -0.39 is 0 Å². The van der Waals surface area contributed by atoms with Crippen LogP contribution in [0.25, 0.3) is 0 Å². The average Bonchev–Trinajstić information content (AvgIpc) is 3.01. The van der Waals surface area contributed by atoms with E-state index in [1.165, 1.54) is 110 Å². The topological polar surface area (TPSA) is 72.9 Å². The first kappa shape index (κ1) is 42.4. The van der Waals surface area contributed by atoms with Gasteiger partial charge >= 0.3 is 11.9 Å². The van der Waals surface area contributed by atoms with E-state index in [1.54, 1.807) is 4.90 Å². The van der Waals surface area contributed by atoms with Gasteiger partial charge in [0.15, 0.2) is 0 Å². The monoisotopic (exact) mass is 624 g/mol. The molecule has 0 spiro atoms. The van der Waals surface area contributed by atoms with Crippen LogP contribution in [-0.2, 0) is 23.9 Å². The van der Waals surface area contributed by atoms with Gasteiger partial charge in [-0.2, -0.15) is 0 Å². The molecule has 0 fully saturated rings. The number of esters is 2. The molecule has 44 heavy (non-hydrogen) atoms. The summed E-state index contributed by atoms with van der Waals surface area (Å²) in [6.45, 7) is 11.4. The minimum absolute atomic E-state index is 0.0501. The fraction of sp³-hybridized carbons (Fsp3) is 0.921. The first-order valence-electron chi connectivity index (χ1n) is 19.0. The molecule has 0 aliphatic carbocycles. The number of carbonyl (C=O) groups excluding carboxylic acids is 3. The van der Waals surface area contributed by atoms with Crippen molar-refractivity contribution in [2.24, 2.45) is 11.8 Å². The van der Waals surface area contributed by atoms with Crippen LogP contribution in [0.15, 0.2) is 0 Å². The lowest BCUT2D eigenvalue weighted by atomic mass is 9.94. The summed E-state index contributed by atoms with van der Waals surface area (Å²) < 4.78 is 11.4. The van der Waals surface area contributed by atoms with E-state index in [2.05, 4.69) is 27.7 Å². The number of rotatable bonds is 32. The van der Waals surface area contributed by atoms with E-state index in [0.29, 0.717) is 13.1 Å². The van der Waals surface area contributed by atoms with Crippen molar-refractivity contribution >= 4 is 17.8 Å². The number of nitrogens with zero attached hydrogens (tertiary/aromatic N) is 1. The highest BCUT2D eigenvalue weighted by atomic mass is 16.5. The molecule has 0 bridgehead atoms. The molecule has 0 saturated heterocycles. The van der Waals surface area contributed by atoms with Crippen molar-refractivity contribution in [1.82, 2.24) is 4.90 Å². The number of unbranched alkanes of at least 4 members (excludes halogenated alkanes) is 16. The maximum atomic E-state index is 13.0. The zero-order valence-electron chi connectivity index (χ0n) is 29.9. The van der Waals surface area contributed by atoms with Gasteiger partial charge in [-0.1, -0.05) is 156 Å². The second-order valence-electron chi connectivity index (χ2n) is 13.0. The molecule has 0 saturated carbocycles. The van der Waals surface area contributed by atoms with E-state index in [-0.39, 0.29) is 42.9 Å². The molecule has 0 aromatic carbocycles. The van der Waals surface area contributed by atoms with Crippen molar-refractivity contribution in [3.63, 3.8) is 0 Å². The van der Waals surface area contributed by atoms with Crippen LogP contribution < -0.4 is 0 Å². The van der Waals surface area contributed by atoms with Gasteiger partial charge in [-0.25, -0.2) is 0 Å². The Morgan fingerprint density at radius 3 is 0.977 bits per heavy atom. The summed E-state index contributed by atoms with van der Waals surface area (Å²) in [5, 5.41) is 0. The lowest BCUT2D eigenvalue weighted by Gasteiger charge is -2.23. The van der Waals surface area contributed by atoms with Crippen LogP contribution in [0.1, 0.15) is 189 Å². The predicted octanol–water partition coefficient (Wildman–Crippen LogP) is 10.6. The summed E-state index contributed by atoms with van der Waals surface area (Å²) in [6.07, 6.45) is 27.3. The van der Waals surface area contributed by atoms with Crippen LogP contribution in [0.5, 0.6) is 0 Å². The number of carbonyl (C=O) groups is 3. The third kappa shape index (κ3) is 24.7. The Labute approximate surface area is 273 Å². The first-order valence-corrected chi connectivity index (χ1v) is 19.0. The minimum Gasteiger partial charge on any atom is -0.464 e. The maximum absolute atomic E-state index is 13.0. The third-order valence-electron chi connectivity index (χ3n) is 8.95. The Morgan fingerprint density at radius 1 is 0.455 bits per heavy atom. The van der Waals surface area contributed by atoms with Crippen LogP contribution >= 0.6 is 0 Å². The van der Waals surface area contributed by atoms with E-state index >= 15 is 0 Å². The average molecular weight is 624 g/mol. The summed E-state index contributed by atoms with van der Waals surface area (Å²) in [6, 6.07) is 0. The predicted molar refractivity (Wildman–Crippen MR) is 185 cm³/mol. The lowest BCUT2D eigenvalue weighted by Crippen LogP contribution is -2.36. The molecule has 0 aliphatic heterocycles. The largest absolute Gasteiger partial charge is 0.464 e. The molecular formula is C38H73NO5. The second-order valence-corrected chi connectivity index (χ2v) is 13.0. The van der Waals surface area contributed by atoms with Gasteiger partial charge in [0.25, 0.3) is 0 Å². The van der Waals surface area contributed by atoms with E-state index in [0.717, 1.165) is 51.4 Å². The zero-order valence-corrected chi connectivity index (χ0v) is 29.9. The summed E-state index contributed by atoms with van der Waals surface area (Å²) >= 11 is 0. The van der Waals surface area contributed by atoms with Gasteiger partial charge in [0, 0.05) is 6.92 Å². The Hall–Kier alpha value is -1.59. The molecule has 0 radical (unpaired) electrons. The van der Waals surface area contributed by atoms with Crippen molar-refractivity contribution < 1.29 is 23.9 Å². The van der Waals surface area contributed by atoms with E-state index in [4.69, 9.17) is 9.47 Å². The summed E-state index contributed by atoms with van der Waals surface area (Å²) in [5.41, 5.74) is 0. The molecule has 0 aliphatic rings. The molecule has 1 amide bonds. The van der Waals surface area contributed by atoms with Crippen molar-refractivity contribution in [3.05, 3.63) is 0 Å². The van der Waals surface area contributed by atoms with Crippen LogP contribution in [0, 0.1) is 11.8 Å². The van der Waals surface area contributed by atoms with Crippen LogP contribution in [0.4, 0.5) is 0 Å². The fourth-order valence-corrected chi connectivity index (χ4v) is 5.91. The lowest BCUT2D eigenvalue weighted by molar-refractivity contribution is -0.152. The Morgan fingerprint density at radius 2 is 0.727 bits per heavy atom. The van der Waals surface area contributed by atoms with Crippen LogP contribution in [0.2, 0.25) is 0 Å². The summed E-state index contributed by atoms with van der Waals surface area (Å²) in [7, 11) is 0. The van der Waals surface area contributed by atoms with Gasteiger partial charge in [-0.3, -0.25) is 14.4 Å². The molecule has 0 aromatic heterocycles. The van der Waals surface area contributed by atoms with Gasteiger partial charge in [-0.15, -0.1) is 0 Å². The molecule has 6 heteroatoms. The Kier molecular flexibility index (Phi) is 30.3. The van der Waals surface area contributed by atoms with E-state index in [1.807, 2.05) is 0 Å². The van der Waals surface area contributed by atoms with Crippen molar-refractivity contribution in [2.45, 2.75) is 189 Å². The van der Waals surface area contributed by atoms with Crippen molar-refractivity contribution in [2.75, 3.05) is 26.3 Å². The quantitative estimate of drug-likeness (QED) is 0.0550. The molecule has 0 atom stereocenters. The van der Waals surface area contributed by atoms with Gasteiger partial charge in [-0.05, 0) is 25.7 Å². The maximum Gasteiger partial charge on any atom is 0.308 e. The molecule has 0 aromatic rings. The number of hydrogen-bond acceptors (Lipinski definition) is 5. The Balaban J connectivity index is 4.74. The second kappa shape index (κ2) is 31.4. The molecule has 0 unspecified atom stereocenters. The van der Waals surface area contributed by atoms with E-state index in [9.17, 15) is 14.4 Å². The number of hydrogen-bond donors (Lipinski definition) is 0. The minimum atomic E-state index is -0.119. The molecule has 260 valence electrons. The highest BCUT2D eigenvalue weighted by Gasteiger charge is 2.22. The van der Waals surface area contributed by atoms with Gasteiger partial charge in [0.05, 0.1) is 24.9 Å². The van der Waals surface area contributed by atoms with Gasteiger partial charge in [0.2, 0.25) is 5.91 Å². The summed E-state index contributed by atoms with van der Waals surface area (Å²) in [5.74, 6) is -0.432. The highest BCUT2D eigenvalue weighted by Crippen LogP contribution is 2.22. The fourth-order valence-electron chi connectivity index (χ4n) is 5.91. The highest BCUT2D eigenvalue weighted by molar-refractivity contribution is 5.74. The molecular weight excluding hydrogens is 550 g/mol. The van der Waals surface area contributed by atoms with Gasteiger partial charge in [0.1, 0.15) is 13.2 Å².